The van der Waals surface area contributed by atoms with Crippen molar-refractivity contribution in [3.63, 3.8) is 0 Å². The molecule has 2 aromatic rings. The summed E-state index contributed by atoms with van der Waals surface area (Å²) in [6, 6.07) is 14.5. The van der Waals surface area contributed by atoms with Crippen LogP contribution in [0.15, 0.2) is 54.6 Å². The maximum Gasteiger partial charge on any atom is 0.233 e. The monoisotopic (exact) mass is 285 g/mol. The molecule has 0 heterocycles. The molecule has 2 rings (SSSR count). The van der Waals surface area contributed by atoms with Gasteiger partial charge in [-0.1, -0.05) is 42.5 Å². The highest BCUT2D eigenvalue weighted by atomic mass is 19.1. The number of Topliss-reactive ketones (excluding diaryl/α,β-unsaturated/α-hetero) is 1. The summed E-state index contributed by atoms with van der Waals surface area (Å²) >= 11 is 0. The summed E-state index contributed by atoms with van der Waals surface area (Å²) < 4.78 is 14.1. The van der Waals surface area contributed by atoms with Gasteiger partial charge in [-0.25, -0.2) is 4.39 Å². The van der Waals surface area contributed by atoms with Crippen molar-refractivity contribution in [2.45, 2.75) is 19.4 Å². The van der Waals surface area contributed by atoms with Gasteiger partial charge >= 0.3 is 0 Å². The Morgan fingerprint density at radius 1 is 1.10 bits per heavy atom. The van der Waals surface area contributed by atoms with Gasteiger partial charge in [-0.15, -0.1) is 0 Å². The highest BCUT2D eigenvalue weighted by Gasteiger charge is 2.36. The lowest BCUT2D eigenvalue weighted by Crippen LogP contribution is -2.42. The van der Waals surface area contributed by atoms with E-state index in [4.69, 9.17) is 0 Å². The molecule has 0 aromatic heterocycles. The van der Waals surface area contributed by atoms with Crippen molar-refractivity contribution in [1.82, 2.24) is 0 Å². The van der Waals surface area contributed by atoms with Gasteiger partial charge in [0.1, 0.15) is 5.82 Å². The van der Waals surface area contributed by atoms with Crippen molar-refractivity contribution in [2.24, 2.45) is 0 Å². The number of carbonyl (C=O) groups is 1. The SMILES string of the molecule is CC(C)(C(=O)c1ccccc1)[N+]([O-])=Cc1ccccc1F. The van der Waals surface area contributed by atoms with Crippen molar-refractivity contribution in [3.8, 4) is 0 Å². The Balaban J connectivity index is 2.35. The minimum atomic E-state index is -1.32. The van der Waals surface area contributed by atoms with Crippen LogP contribution in [-0.4, -0.2) is 22.3 Å². The van der Waals surface area contributed by atoms with Crippen LogP contribution in [0, 0.1) is 11.0 Å². The first kappa shape index (κ1) is 14.9. The smallest absolute Gasteiger partial charge is 0.233 e. The molecule has 0 N–H and O–H groups in total. The molecule has 0 amide bonds. The zero-order valence-corrected chi connectivity index (χ0v) is 11.9. The van der Waals surface area contributed by atoms with Gasteiger partial charge in [0.15, 0.2) is 6.21 Å². The summed E-state index contributed by atoms with van der Waals surface area (Å²) in [5.41, 5.74) is -0.712. The molecule has 3 nitrogen and oxygen atoms in total. The summed E-state index contributed by atoms with van der Waals surface area (Å²) in [5.74, 6) is -0.813. The fourth-order valence-corrected chi connectivity index (χ4v) is 1.91. The Morgan fingerprint density at radius 3 is 2.29 bits per heavy atom. The van der Waals surface area contributed by atoms with Gasteiger partial charge in [-0.3, -0.25) is 4.79 Å². The fraction of sp³-hybridized carbons (Fsp3) is 0.176. The van der Waals surface area contributed by atoms with Crippen LogP contribution < -0.4 is 0 Å². The average molecular weight is 285 g/mol. The zero-order chi connectivity index (χ0) is 15.5. The van der Waals surface area contributed by atoms with Crippen molar-refractivity contribution in [2.75, 3.05) is 0 Å². The number of benzene rings is 2. The molecular formula is C17H16FNO2. The largest absolute Gasteiger partial charge is 0.623 e. The molecule has 0 fully saturated rings. The van der Waals surface area contributed by atoms with Crippen LogP contribution in [-0.2, 0) is 0 Å². The molecule has 0 radical (unpaired) electrons. The highest BCUT2D eigenvalue weighted by Crippen LogP contribution is 2.17. The van der Waals surface area contributed by atoms with Crippen LogP contribution >= 0.6 is 0 Å². The van der Waals surface area contributed by atoms with E-state index in [2.05, 4.69) is 0 Å². The zero-order valence-electron chi connectivity index (χ0n) is 11.9. The van der Waals surface area contributed by atoms with E-state index in [0.717, 1.165) is 6.21 Å². The maximum absolute atomic E-state index is 13.6. The summed E-state index contributed by atoms with van der Waals surface area (Å²) in [6.07, 6.45) is 1.11. The van der Waals surface area contributed by atoms with Gasteiger partial charge in [0.2, 0.25) is 11.3 Å². The first-order valence-corrected chi connectivity index (χ1v) is 6.58. The van der Waals surface area contributed by atoms with Gasteiger partial charge in [0.25, 0.3) is 0 Å². The topological polar surface area (TPSA) is 43.1 Å². The summed E-state index contributed by atoms with van der Waals surface area (Å²) in [4.78, 5) is 12.4. The Labute approximate surface area is 122 Å². The van der Waals surface area contributed by atoms with E-state index in [9.17, 15) is 14.4 Å². The van der Waals surface area contributed by atoms with Crippen molar-refractivity contribution in [3.05, 3.63) is 76.7 Å². The molecule has 0 atom stereocenters. The number of nitrogens with zero attached hydrogens (tertiary/aromatic N) is 1. The molecule has 108 valence electrons. The Kier molecular flexibility index (Phi) is 4.17. The first-order chi connectivity index (χ1) is 9.93. The second-order valence-electron chi connectivity index (χ2n) is 5.23. The number of ketones is 1. The number of hydrogen-bond donors (Lipinski definition) is 0. The predicted molar refractivity (Wildman–Crippen MR) is 80.0 cm³/mol. The Hall–Kier alpha value is -2.49. The summed E-state index contributed by atoms with van der Waals surface area (Å²) in [6.45, 7) is 3.04. The van der Waals surface area contributed by atoms with Gasteiger partial charge < -0.3 is 5.21 Å². The van der Waals surface area contributed by atoms with Crippen LogP contribution in [0.1, 0.15) is 29.8 Å². The van der Waals surface area contributed by atoms with E-state index >= 15 is 0 Å². The third-order valence-electron chi connectivity index (χ3n) is 3.30. The second kappa shape index (κ2) is 5.87. The minimum absolute atomic E-state index is 0.154. The third kappa shape index (κ3) is 3.16. The summed E-state index contributed by atoms with van der Waals surface area (Å²) in [5, 5.41) is 12.3. The van der Waals surface area contributed by atoms with E-state index in [1.165, 1.54) is 26.0 Å². The molecule has 0 saturated carbocycles. The maximum atomic E-state index is 13.6. The van der Waals surface area contributed by atoms with Gasteiger partial charge in [-0.05, 0) is 12.1 Å². The van der Waals surface area contributed by atoms with Gasteiger partial charge in [0, 0.05) is 19.4 Å². The van der Waals surface area contributed by atoms with E-state index in [-0.39, 0.29) is 11.3 Å². The van der Waals surface area contributed by atoms with E-state index in [0.29, 0.717) is 10.3 Å². The van der Waals surface area contributed by atoms with Gasteiger partial charge in [-0.2, -0.15) is 4.74 Å². The first-order valence-electron chi connectivity index (χ1n) is 6.58. The predicted octanol–water partition coefficient (Wildman–Crippen LogP) is 3.42. The molecule has 4 heteroatoms. The van der Waals surface area contributed by atoms with Crippen molar-refractivity contribution < 1.29 is 13.9 Å². The van der Waals surface area contributed by atoms with E-state index in [1.807, 2.05) is 0 Å². The average Bonchev–Trinajstić information content (AvgIpc) is 2.49. The molecule has 0 aliphatic carbocycles. The molecule has 0 spiro atoms. The minimum Gasteiger partial charge on any atom is -0.623 e. The number of hydrogen-bond acceptors (Lipinski definition) is 2. The lowest BCUT2D eigenvalue weighted by molar-refractivity contribution is -0.515. The standard InChI is InChI=1S/C17H16FNO2/c1-17(2,16(20)13-8-4-3-5-9-13)19(21)12-14-10-6-7-11-15(14)18/h3-12H,1-2H3. The lowest BCUT2D eigenvalue weighted by atomic mass is 9.93. The normalized spacial score (nSPS) is 12.2. The number of hydroxylamine groups is 1. The van der Waals surface area contributed by atoms with Crippen molar-refractivity contribution in [1.29, 1.82) is 0 Å². The van der Waals surface area contributed by atoms with Crippen LogP contribution in [0.2, 0.25) is 0 Å². The molecule has 0 aliphatic rings. The quantitative estimate of drug-likeness (QED) is 0.284. The molecule has 0 unspecified atom stereocenters. The van der Waals surface area contributed by atoms with Crippen LogP contribution in [0.25, 0.3) is 0 Å². The third-order valence-corrected chi connectivity index (χ3v) is 3.30. The molecule has 21 heavy (non-hydrogen) atoms. The van der Waals surface area contributed by atoms with E-state index < -0.39 is 11.4 Å². The van der Waals surface area contributed by atoms with Crippen LogP contribution in [0.5, 0.6) is 0 Å². The lowest BCUT2D eigenvalue weighted by Gasteiger charge is -2.22. The van der Waals surface area contributed by atoms with Crippen molar-refractivity contribution >= 4 is 12.0 Å². The molecule has 2 aromatic carbocycles. The molecule has 0 saturated heterocycles. The summed E-state index contributed by atoms with van der Waals surface area (Å²) in [7, 11) is 0. The van der Waals surface area contributed by atoms with Crippen LogP contribution in [0.4, 0.5) is 4.39 Å². The molecule has 0 aliphatic heterocycles. The van der Waals surface area contributed by atoms with Crippen LogP contribution in [0.3, 0.4) is 0 Å². The number of carbonyl (C=O) groups excluding carboxylic acids is 1. The highest BCUT2D eigenvalue weighted by molar-refractivity contribution is 6.02. The number of halogens is 1. The van der Waals surface area contributed by atoms with E-state index in [1.54, 1.807) is 42.5 Å². The van der Waals surface area contributed by atoms with Gasteiger partial charge in [0.05, 0.1) is 5.56 Å². The molecule has 0 bridgehead atoms. The molecular weight excluding hydrogens is 269 g/mol. The second-order valence-corrected chi connectivity index (χ2v) is 5.23. The Morgan fingerprint density at radius 2 is 1.67 bits per heavy atom. The fourth-order valence-electron chi connectivity index (χ4n) is 1.91. The number of rotatable bonds is 4. The Bertz CT molecular complexity index is 678.